The summed E-state index contributed by atoms with van der Waals surface area (Å²) in [6, 6.07) is 0. The van der Waals surface area contributed by atoms with Crippen LogP contribution in [0.5, 0.6) is 0 Å². The van der Waals surface area contributed by atoms with E-state index in [2.05, 4.69) is 71.6 Å². The molecule has 0 saturated carbocycles. The third-order valence-corrected chi connectivity index (χ3v) is 4.67. The Hall–Kier alpha value is -1.56. The van der Waals surface area contributed by atoms with Crippen LogP contribution in [-0.4, -0.2) is 0 Å². The lowest BCUT2D eigenvalue weighted by Crippen LogP contribution is -2.15. The zero-order valence-corrected chi connectivity index (χ0v) is 13.5. The molecule has 2 aliphatic carbocycles. The third-order valence-electron chi connectivity index (χ3n) is 4.67. The standard InChI is InChI=1S/C20H26/c1-7-8-10-14(2)19-15(3)13-16(4)20(5,6)18-12-9-11-17(18)19/h7-9,12-13H,2,10-11H2,1,3-6H3/b8-7-. The lowest BCUT2D eigenvalue weighted by molar-refractivity contribution is 0.550. The maximum atomic E-state index is 4.34. The summed E-state index contributed by atoms with van der Waals surface area (Å²) in [5.41, 5.74) is 8.48. The number of rotatable bonds is 3. The van der Waals surface area contributed by atoms with E-state index in [0.717, 1.165) is 12.8 Å². The maximum absolute atomic E-state index is 4.34. The van der Waals surface area contributed by atoms with Crippen LogP contribution in [0.15, 0.2) is 70.4 Å². The average molecular weight is 266 g/mol. The highest BCUT2D eigenvalue weighted by Gasteiger charge is 2.32. The fourth-order valence-electron chi connectivity index (χ4n) is 3.21. The van der Waals surface area contributed by atoms with Gasteiger partial charge < -0.3 is 0 Å². The van der Waals surface area contributed by atoms with Crippen LogP contribution >= 0.6 is 0 Å². The second-order valence-corrected chi connectivity index (χ2v) is 6.39. The van der Waals surface area contributed by atoms with E-state index in [-0.39, 0.29) is 5.41 Å². The third kappa shape index (κ3) is 2.40. The van der Waals surface area contributed by atoms with E-state index in [1.807, 2.05) is 0 Å². The van der Waals surface area contributed by atoms with E-state index in [0.29, 0.717) is 0 Å². The van der Waals surface area contributed by atoms with Gasteiger partial charge in [-0.3, -0.25) is 0 Å². The summed E-state index contributed by atoms with van der Waals surface area (Å²) in [4.78, 5) is 0. The van der Waals surface area contributed by atoms with Gasteiger partial charge in [-0.05, 0) is 61.5 Å². The average Bonchev–Trinajstić information content (AvgIpc) is 2.83. The number of hydrogen-bond acceptors (Lipinski definition) is 0. The van der Waals surface area contributed by atoms with Gasteiger partial charge in [-0.25, -0.2) is 0 Å². The normalized spacial score (nSPS) is 21.4. The predicted molar refractivity (Wildman–Crippen MR) is 89.6 cm³/mol. The smallest absolute Gasteiger partial charge is 0.0108 e. The molecule has 2 aliphatic rings. The van der Waals surface area contributed by atoms with Gasteiger partial charge in [0, 0.05) is 5.41 Å². The Balaban J connectivity index is 2.58. The molecule has 0 atom stereocenters. The second-order valence-electron chi connectivity index (χ2n) is 6.39. The minimum Gasteiger partial charge on any atom is -0.0949 e. The van der Waals surface area contributed by atoms with Gasteiger partial charge in [0.15, 0.2) is 0 Å². The largest absolute Gasteiger partial charge is 0.0949 e. The number of hydrogen-bond donors (Lipinski definition) is 0. The van der Waals surface area contributed by atoms with Crippen molar-refractivity contribution in [3.63, 3.8) is 0 Å². The van der Waals surface area contributed by atoms with E-state index in [1.54, 1.807) is 0 Å². The van der Waals surface area contributed by atoms with Crippen LogP contribution in [0.4, 0.5) is 0 Å². The lowest BCUT2D eigenvalue weighted by Gasteiger charge is -2.27. The van der Waals surface area contributed by atoms with E-state index in [9.17, 15) is 0 Å². The summed E-state index contributed by atoms with van der Waals surface area (Å²) in [6.07, 6.45) is 13.2. The first-order valence-electron chi connectivity index (χ1n) is 7.49. The molecule has 0 fully saturated rings. The van der Waals surface area contributed by atoms with Crippen molar-refractivity contribution in [1.29, 1.82) is 0 Å². The summed E-state index contributed by atoms with van der Waals surface area (Å²) in [6.45, 7) is 15.5. The summed E-state index contributed by atoms with van der Waals surface area (Å²) in [5.74, 6) is 0. The van der Waals surface area contributed by atoms with Crippen LogP contribution in [0.2, 0.25) is 0 Å². The summed E-state index contributed by atoms with van der Waals surface area (Å²) in [5, 5.41) is 0. The van der Waals surface area contributed by atoms with Crippen molar-refractivity contribution in [3.8, 4) is 0 Å². The van der Waals surface area contributed by atoms with Gasteiger partial charge in [0.05, 0.1) is 0 Å². The molecular formula is C20H26. The molecule has 0 unspecified atom stereocenters. The zero-order chi connectivity index (χ0) is 14.9. The van der Waals surface area contributed by atoms with Gasteiger partial charge in [0.1, 0.15) is 0 Å². The molecule has 0 nitrogen and oxygen atoms in total. The molecule has 0 spiro atoms. The Morgan fingerprint density at radius 1 is 1.35 bits per heavy atom. The van der Waals surface area contributed by atoms with Gasteiger partial charge in [0.25, 0.3) is 0 Å². The molecule has 0 saturated heterocycles. The van der Waals surface area contributed by atoms with Crippen molar-refractivity contribution in [2.24, 2.45) is 5.41 Å². The van der Waals surface area contributed by atoms with Gasteiger partial charge >= 0.3 is 0 Å². The molecule has 0 heterocycles. The Morgan fingerprint density at radius 2 is 2.05 bits per heavy atom. The van der Waals surface area contributed by atoms with E-state index in [1.165, 1.54) is 33.4 Å². The van der Waals surface area contributed by atoms with Crippen molar-refractivity contribution >= 4 is 0 Å². The first-order valence-corrected chi connectivity index (χ1v) is 7.49. The van der Waals surface area contributed by atoms with E-state index in [4.69, 9.17) is 0 Å². The molecule has 106 valence electrons. The van der Waals surface area contributed by atoms with E-state index < -0.39 is 0 Å². The predicted octanol–water partition coefficient (Wildman–Crippen LogP) is 6.07. The van der Waals surface area contributed by atoms with Crippen molar-refractivity contribution in [1.82, 2.24) is 0 Å². The molecule has 0 aliphatic heterocycles. The van der Waals surface area contributed by atoms with Gasteiger partial charge in [0.2, 0.25) is 0 Å². The molecule has 0 radical (unpaired) electrons. The SMILES string of the molecule is C=C(C/C=C\C)C1=C(C)C=C(C)C(C)(C)C2=C1CC=C2. The van der Waals surface area contributed by atoms with Crippen LogP contribution in [0, 0.1) is 5.41 Å². The van der Waals surface area contributed by atoms with Crippen LogP contribution < -0.4 is 0 Å². The Kier molecular flexibility index (Phi) is 4.04. The first-order chi connectivity index (χ1) is 9.39. The summed E-state index contributed by atoms with van der Waals surface area (Å²) < 4.78 is 0. The van der Waals surface area contributed by atoms with E-state index >= 15 is 0 Å². The molecule has 0 bridgehead atoms. The van der Waals surface area contributed by atoms with Crippen molar-refractivity contribution in [2.45, 2.75) is 47.5 Å². The van der Waals surface area contributed by atoms with Crippen LogP contribution in [-0.2, 0) is 0 Å². The molecule has 0 aromatic carbocycles. The van der Waals surface area contributed by atoms with Crippen molar-refractivity contribution < 1.29 is 0 Å². The van der Waals surface area contributed by atoms with Gasteiger partial charge in [-0.1, -0.05) is 56.4 Å². The first kappa shape index (κ1) is 14.8. The van der Waals surface area contributed by atoms with Crippen LogP contribution in [0.25, 0.3) is 0 Å². The minimum atomic E-state index is 0.117. The molecular weight excluding hydrogens is 240 g/mol. The molecule has 2 rings (SSSR count). The van der Waals surface area contributed by atoms with Crippen LogP contribution in [0.3, 0.4) is 0 Å². The fourth-order valence-corrected chi connectivity index (χ4v) is 3.21. The Bertz CT molecular complexity index is 584. The molecule has 0 aromatic rings. The zero-order valence-electron chi connectivity index (χ0n) is 13.5. The van der Waals surface area contributed by atoms with Crippen molar-refractivity contribution in [2.75, 3.05) is 0 Å². The highest BCUT2D eigenvalue weighted by Crippen LogP contribution is 2.47. The molecule has 20 heavy (non-hydrogen) atoms. The number of allylic oxidation sites excluding steroid dienone is 11. The van der Waals surface area contributed by atoms with Gasteiger partial charge in [-0.15, -0.1) is 0 Å². The maximum Gasteiger partial charge on any atom is 0.0108 e. The lowest BCUT2D eigenvalue weighted by atomic mass is 9.76. The molecule has 0 aromatic heterocycles. The monoisotopic (exact) mass is 266 g/mol. The Labute approximate surface area is 124 Å². The summed E-state index contributed by atoms with van der Waals surface area (Å²) >= 11 is 0. The van der Waals surface area contributed by atoms with Gasteiger partial charge in [-0.2, -0.15) is 0 Å². The van der Waals surface area contributed by atoms with Crippen molar-refractivity contribution in [3.05, 3.63) is 70.4 Å². The molecule has 0 amide bonds. The molecule has 0 heteroatoms. The minimum absolute atomic E-state index is 0.117. The quantitative estimate of drug-likeness (QED) is 0.544. The highest BCUT2D eigenvalue weighted by molar-refractivity contribution is 5.62. The fraction of sp³-hybridized carbons (Fsp3) is 0.400. The highest BCUT2D eigenvalue weighted by atomic mass is 14.4. The van der Waals surface area contributed by atoms with Crippen LogP contribution in [0.1, 0.15) is 47.5 Å². The Morgan fingerprint density at radius 3 is 2.70 bits per heavy atom. The summed E-state index contributed by atoms with van der Waals surface area (Å²) in [7, 11) is 0. The second kappa shape index (κ2) is 5.44. The topological polar surface area (TPSA) is 0 Å². The molecule has 0 N–H and O–H groups in total.